The minimum atomic E-state index is 0.807. The summed E-state index contributed by atoms with van der Waals surface area (Å²) in [6, 6.07) is 0.807. The molecular formula is C13H26N2O. The molecule has 2 aliphatic rings. The predicted octanol–water partition coefficient (Wildman–Crippen LogP) is 1.49. The lowest BCUT2D eigenvalue weighted by Crippen LogP contribution is -2.44. The van der Waals surface area contributed by atoms with Gasteiger partial charge < -0.3 is 15.0 Å². The Labute approximate surface area is 99.5 Å². The van der Waals surface area contributed by atoms with Crippen LogP contribution in [0.15, 0.2) is 0 Å². The molecule has 0 aromatic heterocycles. The maximum atomic E-state index is 5.05. The number of piperidine rings is 1. The normalized spacial score (nSPS) is 33.2. The van der Waals surface area contributed by atoms with Gasteiger partial charge in [-0.25, -0.2) is 0 Å². The Hall–Kier alpha value is -0.120. The average molecular weight is 226 g/mol. The highest BCUT2D eigenvalue weighted by molar-refractivity contribution is 4.90. The van der Waals surface area contributed by atoms with E-state index in [0.29, 0.717) is 0 Å². The Morgan fingerprint density at radius 1 is 1.19 bits per heavy atom. The number of ether oxygens (including phenoxy) is 1. The van der Waals surface area contributed by atoms with E-state index in [9.17, 15) is 0 Å². The van der Waals surface area contributed by atoms with Gasteiger partial charge in [0.1, 0.15) is 0 Å². The van der Waals surface area contributed by atoms with Crippen molar-refractivity contribution in [2.24, 2.45) is 5.92 Å². The highest BCUT2D eigenvalue weighted by Gasteiger charge is 2.33. The topological polar surface area (TPSA) is 24.5 Å². The van der Waals surface area contributed by atoms with E-state index in [-0.39, 0.29) is 0 Å². The maximum Gasteiger partial charge on any atom is 0.0462 e. The van der Waals surface area contributed by atoms with Crippen LogP contribution in [0.5, 0.6) is 0 Å². The van der Waals surface area contributed by atoms with Crippen LogP contribution in [-0.2, 0) is 4.74 Å². The molecule has 3 unspecified atom stereocenters. The first kappa shape index (κ1) is 12.3. The van der Waals surface area contributed by atoms with Gasteiger partial charge in [0.05, 0.1) is 0 Å². The van der Waals surface area contributed by atoms with Crippen LogP contribution in [0.4, 0.5) is 0 Å². The highest BCUT2D eigenvalue weighted by Crippen LogP contribution is 2.26. The van der Waals surface area contributed by atoms with Crippen LogP contribution in [0, 0.1) is 5.92 Å². The van der Waals surface area contributed by atoms with Crippen molar-refractivity contribution in [1.82, 2.24) is 10.2 Å². The summed E-state index contributed by atoms with van der Waals surface area (Å²) >= 11 is 0. The Morgan fingerprint density at radius 3 is 2.94 bits per heavy atom. The summed E-state index contributed by atoms with van der Waals surface area (Å²) in [5.41, 5.74) is 0. The molecule has 0 radical (unpaired) electrons. The maximum absolute atomic E-state index is 5.05. The lowest BCUT2D eigenvalue weighted by molar-refractivity contribution is 0.191. The van der Waals surface area contributed by atoms with Crippen molar-refractivity contribution in [2.45, 2.75) is 38.1 Å². The second-order valence-corrected chi connectivity index (χ2v) is 5.25. The summed E-state index contributed by atoms with van der Waals surface area (Å²) in [5, 5.41) is 3.76. The number of rotatable bonds is 7. The molecule has 0 amide bonds. The summed E-state index contributed by atoms with van der Waals surface area (Å²) in [7, 11) is 1.78. The Bertz CT molecular complexity index is 198. The fourth-order valence-electron chi connectivity index (χ4n) is 3.06. The summed E-state index contributed by atoms with van der Waals surface area (Å²) in [6.07, 6.45) is 6.59. The third-order valence-corrected chi connectivity index (χ3v) is 4.07. The fourth-order valence-corrected chi connectivity index (χ4v) is 3.06. The van der Waals surface area contributed by atoms with E-state index in [0.717, 1.165) is 18.6 Å². The first-order chi connectivity index (χ1) is 7.90. The molecule has 2 fully saturated rings. The van der Waals surface area contributed by atoms with E-state index >= 15 is 0 Å². The lowest BCUT2D eigenvalue weighted by Gasteiger charge is -2.31. The molecule has 3 atom stereocenters. The Morgan fingerprint density at radius 2 is 2.06 bits per heavy atom. The van der Waals surface area contributed by atoms with Crippen molar-refractivity contribution in [3.63, 3.8) is 0 Å². The number of nitrogens with one attached hydrogen (secondary N) is 1. The average Bonchev–Trinajstić information content (AvgIpc) is 2.69. The first-order valence-electron chi connectivity index (χ1n) is 6.85. The number of fused-ring (bicyclic) bond motifs is 2. The van der Waals surface area contributed by atoms with Crippen LogP contribution in [0.3, 0.4) is 0 Å². The first-order valence-corrected chi connectivity index (χ1v) is 6.85. The van der Waals surface area contributed by atoms with Crippen molar-refractivity contribution in [3.8, 4) is 0 Å². The highest BCUT2D eigenvalue weighted by atomic mass is 16.5. The standard InChI is InChI=1S/C13H26N2O/c1-16-10-4-2-3-7-14-13-6-9-15-8-5-12(13)11-15/h12-14H,2-11H2,1H3. The molecule has 0 saturated carbocycles. The molecule has 16 heavy (non-hydrogen) atoms. The van der Waals surface area contributed by atoms with Crippen molar-refractivity contribution in [1.29, 1.82) is 0 Å². The van der Waals surface area contributed by atoms with E-state index in [1.807, 2.05) is 0 Å². The zero-order chi connectivity index (χ0) is 11.2. The third kappa shape index (κ3) is 3.44. The van der Waals surface area contributed by atoms with E-state index in [4.69, 9.17) is 4.74 Å². The zero-order valence-electron chi connectivity index (χ0n) is 10.6. The number of hydrogen-bond acceptors (Lipinski definition) is 3. The minimum Gasteiger partial charge on any atom is -0.385 e. The smallest absolute Gasteiger partial charge is 0.0462 e. The van der Waals surface area contributed by atoms with Crippen molar-refractivity contribution in [2.75, 3.05) is 39.9 Å². The van der Waals surface area contributed by atoms with Gasteiger partial charge in [-0.15, -0.1) is 0 Å². The molecule has 2 saturated heterocycles. The van der Waals surface area contributed by atoms with Crippen LogP contribution < -0.4 is 5.32 Å². The fraction of sp³-hybridized carbons (Fsp3) is 1.00. The summed E-state index contributed by atoms with van der Waals surface area (Å²) in [6.45, 7) is 6.13. The molecule has 3 nitrogen and oxygen atoms in total. The number of methoxy groups -OCH3 is 1. The van der Waals surface area contributed by atoms with Crippen LogP contribution in [0.2, 0.25) is 0 Å². The molecule has 0 spiro atoms. The molecule has 94 valence electrons. The van der Waals surface area contributed by atoms with E-state index in [1.165, 1.54) is 58.3 Å². The van der Waals surface area contributed by atoms with Crippen LogP contribution in [-0.4, -0.2) is 50.8 Å². The number of hydrogen-bond donors (Lipinski definition) is 1. The summed E-state index contributed by atoms with van der Waals surface area (Å²) < 4.78 is 5.05. The zero-order valence-corrected chi connectivity index (χ0v) is 10.6. The van der Waals surface area contributed by atoms with Crippen LogP contribution in [0.25, 0.3) is 0 Å². The number of nitrogens with zero attached hydrogens (tertiary/aromatic N) is 1. The summed E-state index contributed by atoms with van der Waals surface area (Å²) in [5.74, 6) is 0.938. The second kappa shape index (κ2) is 6.58. The number of unbranched alkanes of at least 4 members (excludes halogenated alkanes) is 2. The van der Waals surface area contributed by atoms with Crippen LogP contribution in [0.1, 0.15) is 32.1 Å². The molecule has 0 aromatic rings. The molecule has 2 rings (SSSR count). The van der Waals surface area contributed by atoms with E-state index in [1.54, 1.807) is 7.11 Å². The van der Waals surface area contributed by atoms with Gasteiger partial charge in [-0.1, -0.05) is 0 Å². The molecule has 0 aliphatic carbocycles. The molecule has 3 heteroatoms. The van der Waals surface area contributed by atoms with E-state index in [2.05, 4.69) is 10.2 Å². The van der Waals surface area contributed by atoms with Gasteiger partial charge in [0, 0.05) is 26.3 Å². The van der Waals surface area contributed by atoms with Crippen molar-refractivity contribution in [3.05, 3.63) is 0 Å². The molecular weight excluding hydrogens is 200 g/mol. The largest absolute Gasteiger partial charge is 0.385 e. The molecule has 2 aliphatic heterocycles. The van der Waals surface area contributed by atoms with Gasteiger partial charge >= 0.3 is 0 Å². The van der Waals surface area contributed by atoms with Crippen molar-refractivity contribution >= 4 is 0 Å². The minimum absolute atomic E-state index is 0.807. The van der Waals surface area contributed by atoms with Gasteiger partial charge in [-0.05, 0) is 57.7 Å². The quantitative estimate of drug-likeness (QED) is 0.666. The Balaban J connectivity index is 1.52. The summed E-state index contributed by atoms with van der Waals surface area (Å²) in [4.78, 5) is 2.61. The molecule has 2 bridgehead atoms. The van der Waals surface area contributed by atoms with Gasteiger partial charge in [0.2, 0.25) is 0 Å². The molecule has 2 heterocycles. The van der Waals surface area contributed by atoms with Gasteiger partial charge in [0.15, 0.2) is 0 Å². The Kier molecular flexibility index (Phi) is 5.07. The van der Waals surface area contributed by atoms with Gasteiger partial charge in [-0.2, -0.15) is 0 Å². The third-order valence-electron chi connectivity index (χ3n) is 4.07. The monoisotopic (exact) mass is 226 g/mol. The lowest BCUT2D eigenvalue weighted by atomic mass is 9.94. The van der Waals surface area contributed by atoms with Gasteiger partial charge in [-0.3, -0.25) is 0 Å². The second-order valence-electron chi connectivity index (χ2n) is 5.25. The molecule has 0 aromatic carbocycles. The van der Waals surface area contributed by atoms with E-state index < -0.39 is 0 Å². The van der Waals surface area contributed by atoms with Gasteiger partial charge in [0.25, 0.3) is 0 Å². The SMILES string of the molecule is COCCCCCNC1CCN2CCC1C2. The van der Waals surface area contributed by atoms with Crippen molar-refractivity contribution < 1.29 is 4.74 Å². The van der Waals surface area contributed by atoms with Crippen LogP contribution >= 0.6 is 0 Å². The predicted molar refractivity (Wildman–Crippen MR) is 66.7 cm³/mol. The molecule has 1 N–H and O–H groups in total.